The molecule has 1 aliphatic carbocycles. The minimum Gasteiger partial charge on any atom is -0.367 e. The Morgan fingerprint density at radius 1 is 1.61 bits per heavy atom. The molecule has 1 aliphatic rings. The Kier molecular flexibility index (Phi) is 3.97. The molecule has 5 nitrogen and oxygen atoms in total. The second-order valence-corrected chi connectivity index (χ2v) is 4.98. The molecule has 18 heavy (non-hydrogen) atoms. The number of hydrogen-bond donors (Lipinski definition) is 0. The van der Waals surface area contributed by atoms with E-state index in [4.69, 9.17) is 14.5 Å². The van der Waals surface area contributed by atoms with Crippen LogP contribution in [0.25, 0.3) is 0 Å². The van der Waals surface area contributed by atoms with Crippen LogP contribution in [-0.2, 0) is 16.8 Å². The van der Waals surface area contributed by atoms with Crippen molar-refractivity contribution >= 4 is 0 Å². The number of aromatic nitrogens is 2. The van der Waals surface area contributed by atoms with Crippen LogP contribution in [0.4, 0.5) is 0 Å². The lowest BCUT2D eigenvalue weighted by atomic mass is 9.78. The molecule has 5 heteroatoms. The molecule has 98 valence electrons. The molecule has 2 rings (SSSR count). The van der Waals surface area contributed by atoms with Crippen LogP contribution in [0.3, 0.4) is 0 Å². The molecule has 0 saturated heterocycles. The number of hydrogen-bond acceptors (Lipinski definition) is 5. The predicted molar refractivity (Wildman–Crippen MR) is 64.6 cm³/mol. The van der Waals surface area contributed by atoms with Gasteiger partial charge in [-0.25, -0.2) is 0 Å². The van der Waals surface area contributed by atoms with E-state index in [2.05, 4.69) is 17.1 Å². The topological polar surface area (TPSA) is 71.9 Å². The van der Waals surface area contributed by atoms with Crippen LogP contribution < -0.4 is 0 Å². The Bertz CT molecular complexity index is 434. The highest BCUT2D eigenvalue weighted by Crippen LogP contribution is 2.41. The molecule has 0 spiro atoms. The van der Waals surface area contributed by atoms with Crippen molar-refractivity contribution in [3.8, 4) is 6.07 Å². The minimum atomic E-state index is -0.413. The highest BCUT2D eigenvalue weighted by molar-refractivity contribution is 5.05. The largest absolute Gasteiger partial charge is 0.367 e. The lowest BCUT2D eigenvalue weighted by Crippen LogP contribution is -2.36. The van der Waals surface area contributed by atoms with Gasteiger partial charge < -0.3 is 9.26 Å². The number of rotatable bonds is 4. The molecular formula is C13H19N3O2. The van der Waals surface area contributed by atoms with Gasteiger partial charge in [-0.05, 0) is 32.1 Å². The predicted octanol–water partition coefficient (Wildman–Crippen LogP) is 2.58. The zero-order chi connectivity index (χ0) is 13.0. The number of nitriles is 1. The monoisotopic (exact) mass is 249 g/mol. The molecule has 2 unspecified atom stereocenters. The van der Waals surface area contributed by atoms with Gasteiger partial charge in [0.1, 0.15) is 12.0 Å². The van der Waals surface area contributed by atoms with Gasteiger partial charge in [0, 0.05) is 6.61 Å². The SMILES string of the molecule is CCOC1(c2noc(CC#N)n2)CCCC(C)C1. The van der Waals surface area contributed by atoms with E-state index in [1.54, 1.807) is 0 Å². The minimum absolute atomic E-state index is 0.157. The van der Waals surface area contributed by atoms with Crippen LogP contribution in [0.5, 0.6) is 0 Å². The van der Waals surface area contributed by atoms with E-state index < -0.39 is 5.60 Å². The summed E-state index contributed by atoms with van der Waals surface area (Å²) in [6.45, 7) is 4.84. The van der Waals surface area contributed by atoms with Crippen LogP contribution in [-0.4, -0.2) is 16.7 Å². The van der Waals surface area contributed by atoms with Crippen molar-refractivity contribution in [2.75, 3.05) is 6.61 Å². The zero-order valence-electron chi connectivity index (χ0n) is 11.0. The van der Waals surface area contributed by atoms with Crippen molar-refractivity contribution in [2.45, 2.75) is 51.6 Å². The smallest absolute Gasteiger partial charge is 0.240 e. The third-order valence-corrected chi connectivity index (χ3v) is 3.48. The van der Waals surface area contributed by atoms with Gasteiger partial charge in [-0.2, -0.15) is 10.2 Å². The van der Waals surface area contributed by atoms with Gasteiger partial charge in [-0.1, -0.05) is 18.5 Å². The number of ether oxygens (including phenoxy) is 1. The van der Waals surface area contributed by atoms with Crippen LogP contribution in [0.2, 0.25) is 0 Å². The first kappa shape index (κ1) is 13.0. The molecule has 0 aromatic carbocycles. The van der Waals surface area contributed by atoms with Gasteiger partial charge in [-0.3, -0.25) is 0 Å². The summed E-state index contributed by atoms with van der Waals surface area (Å²) in [5.41, 5.74) is -0.413. The summed E-state index contributed by atoms with van der Waals surface area (Å²) >= 11 is 0. The van der Waals surface area contributed by atoms with Gasteiger partial charge in [0.25, 0.3) is 0 Å². The van der Waals surface area contributed by atoms with E-state index in [1.807, 2.05) is 13.0 Å². The van der Waals surface area contributed by atoms with E-state index in [-0.39, 0.29) is 6.42 Å². The lowest BCUT2D eigenvalue weighted by Gasteiger charge is -2.37. The van der Waals surface area contributed by atoms with Gasteiger partial charge in [-0.15, -0.1) is 0 Å². The lowest BCUT2D eigenvalue weighted by molar-refractivity contribution is -0.0891. The molecule has 1 fully saturated rings. The second kappa shape index (κ2) is 5.49. The van der Waals surface area contributed by atoms with Crippen molar-refractivity contribution in [2.24, 2.45) is 5.92 Å². The molecule has 1 heterocycles. The third-order valence-electron chi connectivity index (χ3n) is 3.48. The summed E-state index contributed by atoms with van der Waals surface area (Å²) in [4.78, 5) is 4.32. The van der Waals surface area contributed by atoms with Crippen molar-refractivity contribution < 1.29 is 9.26 Å². The van der Waals surface area contributed by atoms with Crippen LogP contribution in [0.1, 0.15) is 51.2 Å². The molecule has 0 aliphatic heterocycles. The summed E-state index contributed by atoms with van der Waals surface area (Å²) in [7, 11) is 0. The second-order valence-electron chi connectivity index (χ2n) is 4.98. The van der Waals surface area contributed by atoms with E-state index in [1.165, 1.54) is 6.42 Å². The van der Waals surface area contributed by atoms with E-state index in [9.17, 15) is 0 Å². The first-order chi connectivity index (χ1) is 8.70. The third kappa shape index (κ3) is 2.54. The summed E-state index contributed by atoms with van der Waals surface area (Å²) in [5.74, 6) is 1.59. The summed E-state index contributed by atoms with van der Waals surface area (Å²) in [5, 5.41) is 12.7. The van der Waals surface area contributed by atoms with Crippen molar-refractivity contribution in [3.05, 3.63) is 11.7 Å². The van der Waals surface area contributed by atoms with Gasteiger partial charge in [0.05, 0.1) is 6.07 Å². The molecule has 1 aromatic rings. The van der Waals surface area contributed by atoms with Crippen molar-refractivity contribution in [1.29, 1.82) is 5.26 Å². The first-order valence-electron chi connectivity index (χ1n) is 6.54. The molecule has 0 bridgehead atoms. The van der Waals surface area contributed by atoms with Gasteiger partial charge in [0.15, 0.2) is 0 Å². The first-order valence-corrected chi connectivity index (χ1v) is 6.54. The van der Waals surface area contributed by atoms with Gasteiger partial charge in [0.2, 0.25) is 11.7 Å². The van der Waals surface area contributed by atoms with Crippen molar-refractivity contribution in [1.82, 2.24) is 10.1 Å². The molecule has 0 N–H and O–H groups in total. The molecule has 0 radical (unpaired) electrons. The maximum Gasteiger partial charge on any atom is 0.240 e. The van der Waals surface area contributed by atoms with Crippen LogP contribution >= 0.6 is 0 Å². The fourth-order valence-corrected chi connectivity index (χ4v) is 2.76. The highest BCUT2D eigenvalue weighted by atomic mass is 16.5. The molecular weight excluding hydrogens is 230 g/mol. The maximum absolute atomic E-state index is 8.64. The fraction of sp³-hybridized carbons (Fsp3) is 0.769. The fourth-order valence-electron chi connectivity index (χ4n) is 2.76. The quantitative estimate of drug-likeness (QED) is 0.820. The Balaban J connectivity index is 2.25. The Morgan fingerprint density at radius 3 is 3.11 bits per heavy atom. The maximum atomic E-state index is 8.64. The zero-order valence-corrected chi connectivity index (χ0v) is 11.0. The van der Waals surface area contributed by atoms with E-state index >= 15 is 0 Å². The van der Waals surface area contributed by atoms with E-state index in [0.29, 0.717) is 24.2 Å². The molecule has 1 saturated carbocycles. The Morgan fingerprint density at radius 2 is 2.44 bits per heavy atom. The molecule has 2 atom stereocenters. The van der Waals surface area contributed by atoms with Crippen LogP contribution in [0, 0.1) is 17.2 Å². The standard InChI is InChI=1S/C13H19N3O2/c1-3-17-13(7-4-5-10(2)9-13)12-15-11(6-8-14)18-16-12/h10H,3-7,9H2,1-2H3. The van der Waals surface area contributed by atoms with E-state index in [0.717, 1.165) is 19.3 Å². The average Bonchev–Trinajstić information content (AvgIpc) is 2.79. The molecule has 0 amide bonds. The average molecular weight is 249 g/mol. The molecule has 1 aromatic heterocycles. The van der Waals surface area contributed by atoms with Gasteiger partial charge >= 0.3 is 0 Å². The Hall–Kier alpha value is -1.41. The summed E-state index contributed by atoms with van der Waals surface area (Å²) in [6, 6.07) is 2.02. The van der Waals surface area contributed by atoms with Crippen molar-refractivity contribution in [3.63, 3.8) is 0 Å². The number of nitrogens with zero attached hydrogens (tertiary/aromatic N) is 3. The van der Waals surface area contributed by atoms with Crippen LogP contribution in [0.15, 0.2) is 4.52 Å². The Labute approximate surface area is 107 Å². The normalized spacial score (nSPS) is 27.9. The summed E-state index contributed by atoms with van der Waals surface area (Å²) in [6.07, 6.45) is 4.34. The summed E-state index contributed by atoms with van der Waals surface area (Å²) < 4.78 is 11.1. The highest BCUT2D eigenvalue weighted by Gasteiger charge is 2.41.